The maximum absolute atomic E-state index is 5.63. The van der Waals surface area contributed by atoms with Gasteiger partial charge in [-0.1, -0.05) is 12.1 Å². The molecule has 90 valence electrons. The fraction of sp³-hybridized carbons (Fsp3) is 0.308. The molecule has 0 spiro atoms. The number of thiophene rings is 1. The molecule has 0 aromatic carbocycles. The van der Waals surface area contributed by atoms with E-state index in [0.29, 0.717) is 6.54 Å². The first-order valence-corrected chi connectivity index (χ1v) is 6.49. The lowest BCUT2D eigenvalue weighted by atomic mass is 10.2. The predicted molar refractivity (Wildman–Crippen MR) is 73.3 cm³/mol. The molecule has 0 aliphatic carbocycles. The first-order chi connectivity index (χ1) is 8.20. The van der Waals surface area contributed by atoms with E-state index in [2.05, 4.69) is 40.5 Å². The molecular weight excluding hydrogens is 230 g/mol. The van der Waals surface area contributed by atoms with Crippen molar-refractivity contribution in [2.75, 3.05) is 11.9 Å². The van der Waals surface area contributed by atoms with Crippen LogP contribution in [0.5, 0.6) is 0 Å². The van der Waals surface area contributed by atoms with E-state index in [1.165, 1.54) is 4.88 Å². The van der Waals surface area contributed by atoms with Crippen LogP contribution in [0.2, 0.25) is 0 Å². The zero-order chi connectivity index (χ0) is 12.3. The van der Waals surface area contributed by atoms with Gasteiger partial charge in [0.1, 0.15) is 5.82 Å². The second kappa shape index (κ2) is 5.29. The molecule has 0 saturated carbocycles. The Bertz CT molecular complexity index is 479. The van der Waals surface area contributed by atoms with Gasteiger partial charge < -0.3 is 10.6 Å². The largest absolute Gasteiger partial charge is 0.355 e. The van der Waals surface area contributed by atoms with Gasteiger partial charge in [0.2, 0.25) is 0 Å². The molecule has 2 rings (SSSR count). The number of nitrogens with zero attached hydrogens (tertiary/aromatic N) is 2. The van der Waals surface area contributed by atoms with Gasteiger partial charge in [-0.05, 0) is 30.0 Å². The second-order valence-electron chi connectivity index (χ2n) is 4.05. The molecule has 0 atom stereocenters. The maximum Gasteiger partial charge on any atom is 0.128 e. The SMILES string of the molecule is Cc1nc(N(C)Cc2cccs2)ccc1CN. The minimum Gasteiger partial charge on any atom is -0.355 e. The normalized spacial score (nSPS) is 10.5. The zero-order valence-corrected chi connectivity index (χ0v) is 11.0. The van der Waals surface area contributed by atoms with Crippen LogP contribution in [0.3, 0.4) is 0 Å². The average Bonchev–Trinajstić information content (AvgIpc) is 2.81. The molecule has 2 aromatic rings. The molecule has 2 N–H and O–H groups in total. The fourth-order valence-corrected chi connectivity index (χ4v) is 2.48. The van der Waals surface area contributed by atoms with Crippen molar-refractivity contribution in [2.24, 2.45) is 5.73 Å². The smallest absolute Gasteiger partial charge is 0.128 e. The summed E-state index contributed by atoms with van der Waals surface area (Å²) in [7, 11) is 2.06. The molecule has 3 nitrogen and oxygen atoms in total. The first-order valence-electron chi connectivity index (χ1n) is 5.61. The fourth-order valence-electron chi connectivity index (χ4n) is 1.72. The van der Waals surface area contributed by atoms with E-state index in [-0.39, 0.29) is 0 Å². The van der Waals surface area contributed by atoms with Gasteiger partial charge in [-0.15, -0.1) is 11.3 Å². The number of aromatic nitrogens is 1. The van der Waals surface area contributed by atoms with Crippen LogP contribution in [-0.2, 0) is 13.1 Å². The molecule has 0 fully saturated rings. The molecular formula is C13H17N3S. The van der Waals surface area contributed by atoms with Crippen LogP contribution >= 0.6 is 11.3 Å². The van der Waals surface area contributed by atoms with E-state index in [1.54, 1.807) is 11.3 Å². The van der Waals surface area contributed by atoms with Crippen LogP contribution in [0.4, 0.5) is 5.82 Å². The monoisotopic (exact) mass is 247 g/mol. The molecule has 2 heterocycles. The number of hydrogen-bond acceptors (Lipinski definition) is 4. The second-order valence-corrected chi connectivity index (χ2v) is 5.09. The lowest BCUT2D eigenvalue weighted by Crippen LogP contribution is -2.17. The third-order valence-corrected chi connectivity index (χ3v) is 3.63. The zero-order valence-electron chi connectivity index (χ0n) is 10.2. The van der Waals surface area contributed by atoms with Crippen LogP contribution in [0.15, 0.2) is 29.6 Å². The summed E-state index contributed by atoms with van der Waals surface area (Å²) in [5.74, 6) is 0.994. The van der Waals surface area contributed by atoms with E-state index in [9.17, 15) is 0 Å². The number of aryl methyl sites for hydroxylation is 1. The van der Waals surface area contributed by atoms with Crippen molar-refractivity contribution in [3.63, 3.8) is 0 Å². The summed E-state index contributed by atoms with van der Waals surface area (Å²) in [6, 6.07) is 8.30. The van der Waals surface area contributed by atoms with Crippen LogP contribution < -0.4 is 10.6 Å². The lowest BCUT2D eigenvalue weighted by Gasteiger charge is -2.18. The Labute approximate surface area is 106 Å². The Balaban J connectivity index is 2.14. The number of anilines is 1. The Kier molecular flexibility index (Phi) is 3.76. The van der Waals surface area contributed by atoms with Crippen LogP contribution in [-0.4, -0.2) is 12.0 Å². The van der Waals surface area contributed by atoms with Gasteiger partial charge >= 0.3 is 0 Å². The summed E-state index contributed by atoms with van der Waals surface area (Å²) in [6.45, 7) is 3.45. The van der Waals surface area contributed by atoms with Gasteiger partial charge in [-0.2, -0.15) is 0 Å². The summed E-state index contributed by atoms with van der Waals surface area (Å²) in [5, 5.41) is 2.10. The highest BCUT2D eigenvalue weighted by molar-refractivity contribution is 7.09. The Hall–Kier alpha value is -1.39. The van der Waals surface area contributed by atoms with Crippen molar-refractivity contribution >= 4 is 17.2 Å². The molecule has 4 heteroatoms. The predicted octanol–water partition coefficient (Wildman–Crippen LogP) is 2.55. The van der Waals surface area contributed by atoms with Gasteiger partial charge in [0.15, 0.2) is 0 Å². The van der Waals surface area contributed by atoms with E-state index in [0.717, 1.165) is 23.6 Å². The summed E-state index contributed by atoms with van der Waals surface area (Å²) < 4.78 is 0. The van der Waals surface area contributed by atoms with Gasteiger partial charge in [-0.25, -0.2) is 4.98 Å². The van der Waals surface area contributed by atoms with Gasteiger partial charge in [-0.3, -0.25) is 0 Å². The summed E-state index contributed by atoms with van der Waals surface area (Å²) in [4.78, 5) is 8.07. The summed E-state index contributed by atoms with van der Waals surface area (Å²) in [6.07, 6.45) is 0. The van der Waals surface area contributed by atoms with Gasteiger partial charge in [0, 0.05) is 24.2 Å². The molecule has 0 unspecified atom stereocenters. The van der Waals surface area contributed by atoms with E-state index in [4.69, 9.17) is 5.73 Å². The first kappa shape index (κ1) is 12.1. The number of pyridine rings is 1. The highest BCUT2D eigenvalue weighted by Crippen LogP contribution is 2.17. The molecule has 0 bridgehead atoms. The molecule has 0 aliphatic rings. The number of hydrogen-bond donors (Lipinski definition) is 1. The average molecular weight is 247 g/mol. The quantitative estimate of drug-likeness (QED) is 0.903. The summed E-state index contributed by atoms with van der Waals surface area (Å²) in [5.41, 5.74) is 7.76. The third kappa shape index (κ3) is 2.84. The van der Waals surface area contributed by atoms with Crippen LogP contribution in [0.25, 0.3) is 0 Å². The molecule has 0 saturated heterocycles. The Morgan fingerprint density at radius 2 is 2.18 bits per heavy atom. The molecule has 2 aromatic heterocycles. The van der Waals surface area contributed by atoms with Crippen LogP contribution in [0.1, 0.15) is 16.1 Å². The topological polar surface area (TPSA) is 42.2 Å². The third-order valence-electron chi connectivity index (χ3n) is 2.76. The van der Waals surface area contributed by atoms with E-state index >= 15 is 0 Å². The van der Waals surface area contributed by atoms with Crippen molar-refractivity contribution in [3.8, 4) is 0 Å². The minimum absolute atomic E-state index is 0.549. The van der Waals surface area contributed by atoms with Crippen molar-refractivity contribution in [3.05, 3.63) is 45.8 Å². The highest BCUT2D eigenvalue weighted by atomic mass is 32.1. The van der Waals surface area contributed by atoms with Gasteiger partial charge in [0.25, 0.3) is 0 Å². The molecule has 0 amide bonds. The number of rotatable bonds is 4. The van der Waals surface area contributed by atoms with E-state index in [1.807, 2.05) is 13.0 Å². The van der Waals surface area contributed by atoms with Crippen molar-refractivity contribution in [1.29, 1.82) is 0 Å². The number of nitrogens with two attached hydrogens (primary N) is 1. The maximum atomic E-state index is 5.63. The standard InChI is InChI=1S/C13H17N3S/c1-10-11(8-14)5-6-13(15-10)16(2)9-12-4-3-7-17-12/h3-7H,8-9,14H2,1-2H3. The summed E-state index contributed by atoms with van der Waals surface area (Å²) >= 11 is 1.77. The van der Waals surface area contributed by atoms with Crippen molar-refractivity contribution in [2.45, 2.75) is 20.0 Å². The van der Waals surface area contributed by atoms with Crippen molar-refractivity contribution < 1.29 is 0 Å². The molecule has 0 aliphatic heterocycles. The highest BCUT2D eigenvalue weighted by Gasteiger charge is 2.06. The lowest BCUT2D eigenvalue weighted by molar-refractivity contribution is 0.895. The van der Waals surface area contributed by atoms with Gasteiger partial charge in [0.05, 0.1) is 6.54 Å². The van der Waals surface area contributed by atoms with Crippen molar-refractivity contribution in [1.82, 2.24) is 4.98 Å². The van der Waals surface area contributed by atoms with Crippen LogP contribution in [0, 0.1) is 6.92 Å². The Morgan fingerprint density at radius 1 is 1.35 bits per heavy atom. The molecule has 0 radical (unpaired) electrons. The Morgan fingerprint density at radius 3 is 2.76 bits per heavy atom. The molecule has 17 heavy (non-hydrogen) atoms. The van der Waals surface area contributed by atoms with E-state index < -0.39 is 0 Å². The minimum atomic E-state index is 0.549.